The first kappa shape index (κ1) is 19.4. The van der Waals surface area contributed by atoms with Gasteiger partial charge in [0, 0.05) is 22.8 Å². The molecule has 0 aliphatic heterocycles. The molecule has 150 valence electrons. The number of aliphatic hydroxyl groups excluding tert-OH is 1. The Balaban J connectivity index is 1.45. The number of carbonyl (C=O) groups is 1. The molecule has 0 bridgehead atoms. The minimum Gasteiger partial charge on any atom is -0.494 e. The van der Waals surface area contributed by atoms with E-state index < -0.39 is 6.10 Å². The Labute approximate surface area is 170 Å². The normalized spacial score (nSPS) is 14.6. The van der Waals surface area contributed by atoms with E-state index in [1.807, 2.05) is 37.3 Å². The van der Waals surface area contributed by atoms with E-state index >= 15 is 0 Å². The molecule has 1 aromatic heterocycles. The van der Waals surface area contributed by atoms with Gasteiger partial charge in [-0.15, -0.1) is 0 Å². The molecule has 5 nitrogen and oxygen atoms in total. The number of aryl methyl sites for hydroxylation is 1. The number of rotatable bonds is 7. The molecule has 29 heavy (non-hydrogen) atoms. The highest BCUT2D eigenvalue weighted by Crippen LogP contribution is 2.32. The van der Waals surface area contributed by atoms with Crippen LogP contribution < -0.4 is 10.1 Å². The lowest BCUT2D eigenvalue weighted by molar-refractivity contribution is 0.102. The highest BCUT2D eigenvalue weighted by atomic mass is 16.5. The zero-order valence-corrected chi connectivity index (χ0v) is 16.8. The summed E-state index contributed by atoms with van der Waals surface area (Å²) in [5.41, 5.74) is 3.79. The predicted octanol–water partition coefficient (Wildman–Crippen LogP) is 5.03. The second-order valence-electron chi connectivity index (χ2n) is 7.81. The molecule has 1 amide bonds. The van der Waals surface area contributed by atoms with Gasteiger partial charge in [-0.25, -0.2) is 0 Å². The number of aromatic nitrogens is 1. The quantitative estimate of drug-likeness (QED) is 0.594. The molecule has 1 atom stereocenters. The maximum Gasteiger partial charge on any atom is 0.255 e. The van der Waals surface area contributed by atoms with Crippen molar-refractivity contribution in [1.82, 2.24) is 4.98 Å². The first-order valence-electron chi connectivity index (χ1n) is 10.1. The van der Waals surface area contributed by atoms with Crippen molar-refractivity contribution >= 4 is 22.5 Å². The number of hydrogen-bond donors (Lipinski definition) is 2. The zero-order valence-electron chi connectivity index (χ0n) is 16.8. The Hall–Kier alpha value is -2.92. The van der Waals surface area contributed by atoms with Crippen molar-refractivity contribution in [1.29, 1.82) is 0 Å². The molecular weight excluding hydrogens is 364 g/mol. The lowest BCUT2D eigenvalue weighted by atomic mass is 10.0. The first-order chi connectivity index (χ1) is 14.0. The van der Waals surface area contributed by atoms with Gasteiger partial charge in [-0.05, 0) is 73.7 Å². The van der Waals surface area contributed by atoms with Crippen LogP contribution in [0.25, 0.3) is 10.9 Å². The molecule has 1 aliphatic rings. The van der Waals surface area contributed by atoms with Gasteiger partial charge in [0.05, 0.1) is 18.2 Å². The van der Waals surface area contributed by atoms with Gasteiger partial charge in [0.2, 0.25) is 0 Å². The molecule has 0 saturated heterocycles. The predicted molar refractivity (Wildman–Crippen MR) is 114 cm³/mol. The van der Waals surface area contributed by atoms with E-state index in [4.69, 9.17) is 4.74 Å². The maximum absolute atomic E-state index is 12.7. The Kier molecular flexibility index (Phi) is 5.49. The number of benzene rings is 2. The van der Waals surface area contributed by atoms with Crippen molar-refractivity contribution in [3.63, 3.8) is 0 Å². The average molecular weight is 390 g/mol. The highest BCUT2D eigenvalue weighted by Gasteiger charge is 2.20. The topological polar surface area (TPSA) is 71.5 Å². The number of nitrogens with zero attached hydrogens (tertiary/aromatic N) is 1. The standard InChI is InChI=1S/C24H26N2O3/c1-15-22(10-7-19-13-20(16(2)27)14-25-23(15)19)26-24(28)18-5-8-21(9-6-18)29-12-11-17-3-4-17/h5-10,13-14,16-17,27H,3-4,11-12H2,1-2H3,(H,26,28). The summed E-state index contributed by atoms with van der Waals surface area (Å²) in [6.07, 6.45) is 4.87. The third kappa shape index (κ3) is 4.57. The van der Waals surface area contributed by atoms with Crippen LogP contribution in [0.4, 0.5) is 5.69 Å². The summed E-state index contributed by atoms with van der Waals surface area (Å²) in [7, 11) is 0. The lowest BCUT2D eigenvalue weighted by Crippen LogP contribution is -2.13. The van der Waals surface area contributed by atoms with E-state index in [0.29, 0.717) is 5.56 Å². The van der Waals surface area contributed by atoms with Gasteiger partial charge in [0.25, 0.3) is 5.91 Å². The fourth-order valence-electron chi connectivity index (χ4n) is 3.38. The number of anilines is 1. The van der Waals surface area contributed by atoms with Crippen LogP contribution in [0, 0.1) is 12.8 Å². The van der Waals surface area contributed by atoms with E-state index in [9.17, 15) is 9.90 Å². The van der Waals surface area contributed by atoms with Gasteiger partial charge in [0.1, 0.15) is 5.75 Å². The number of carbonyl (C=O) groups excluding carboxylic acids is 1. The molecule has 2 aromatic carbocycles. The van der Waals surface area contributed by atoms with Gasteiger partial charge in [-0.2, -0.15) is 0 Å². The number of ether oxygens (including phenoxy) is 1. The molecule has 1 heterocycles. The van der Waals surface area contributed by atoms with Crippen LogP contribution in [0.2, 0.25) is 0 Å². The Morgan fingerprint density at radius 1 is 1.24 bits per heavy atom. The molecule has 1 fully saturated rings. The SMILES string of the molecule is Cc1c(NC(=O)c2ccc(OCCC3CC3)cc2)ccc2cc(C(C)O)cnc12. The number of amides is 1. The van der Waals surface area contributed by atoms with Gasteiger partial charge >= 0.3 is 0 Å². The number of hydrogen-bond acceptors (Lipinski definition) is 4. The van der Waals surface area contributed by atoms with E-state index in [2.05, 4.69) is 10.3 Å². The average Bonchev–Trinajstić information content (AvgIpc) is 3.54. The molecule has 2 N–H and O–H groups in total. The van der Waals surface area contributed by atoms with E-state index in [1.54, 1.807) is 25.3 Å². The van der Waals surface area contributed by atoms with Gasteiger partial charge in [-0.3, -0.25) is 9.78 Å². The second kappa shape index (κ2) is 8.21. The molecule has 0 radical (unpaired) electrons. The lowest BCUT2D eigenvalue weighted by Gasteiger charge is -2.12. The number of pyridine rings is 1. The summed E-state index contributed by atoms with van der Waals surface area (Å²) >= 11 is 0. The van der Waals surface area contributed by atoms with Crippen molar-refractivity contribution in [3.8, 4) is 5.75 Å². The summed E-state index contributed by atoms with van der Waals surface area (Å²) in [6, 6.07) is 13.0. The number of fused-ring (bicyclic) bond motifs is 1. The smallest absolute Gasteiger partial charge is 0.255 e. The maximum atomic E-state index is 12.7. The number of aliphatic hydroxyl groups is 1. The second-order valence-corrected chi connectivity index (χ2v) is 7.81. The van der Waals surface area contributed by atoms with Crippen LogP contribution in [0.1, 0.15) is 53.8 Å². The van der Waals surface area contributed by atoms with Crippen LogP contribution >= 0.6 is 0 Å². The third-order valence-corrected chi connectivity index (χ3v) is 5.47. The largest absolute Gasteiger partial charge is 0.494 e. The number of nitrogens with one attached hydrogen (secondary N) is 1. The van der Waals surface area contributed by atoms with Gasteiger partial charge < -0.3 is 15.2 Å². The summed E-state index contributed by atoms with van der Waals surface area (Å²) in [5.74, 6) is 1.47. The van der Waals surface area contributed by atoms with Crippen molar-refractivity contribution in [2.75, 3.05) is 11.9 Å². The summed E-state index contributed by atoms with van der Waals surface area (Å²) < 4.78 is 5.75. The molecule has 1 unspecified atom stereocenters. The molecule has 5 heteroatoms. The highest BCUT2D eigenvalue weighted by molar-refractivity contribution is 6.06. The van der Waals surface area contributed by atoms with Gasteiger partial charge in [-0.1, -0.05) is 18.9 Å². The minimum atomic E-state index is -0.563. The molecule has 1 aliphatic carbocycles. The molecule has 3 aromatic rings. The van der Waals surface area contributed by atoms with E-state index in [-0.39, 0.29) is 5.91 Å². The summed E-state index contributed by atoms with van der Waals surface area (Å²) in [5, 5.41) is 13.6. The van der Waals surface area contributed by atoms with Crippen LogP contribution in [0.5, 0.6) is 5.75 Å². The Morgan fingerprint density at radius 2 is 2.00 bits per heavy atom. The van der Waals surface area contributed by atoms with Gasteiger partial charge in [0.15, 0.2) is 0 Å². The molecule has 0 spiro atoms. The van der Waals surface area contributed by atoms with Crippen LogP contribution in [0.3, 0.4) is 0 Å². The first-order valence-corrected chi connectivity index (χ1v) is 10.1. The molecule has 1 saturated carbocycles. The Morgan fingerprint density at radius 3 is 2.69 bits per heavy atom. The Bertz CT molecular complexity index is 1020. The summed E-state index contributed by atoms with van der Waals surface area (Å²) in [4.78, 5) is 17.1. The van der Waals surface area contributed by atoms with Crippen molar-refractivity contribution < 1.29 is 14.6 Å². The molecule has 4 rings (SSSR count). The summed E-state index contributed by atoms with van der Waals surface area (Å²) in [6.45, 7) is 4.38. The van der Waals surface area contributed by atoms with Crippen LogP contribution in [-0.2, 0) is 0 Å². The van der Waals surface area contributed by atoms with Crippen molar-refractivity contribution in [2.45, 2.75) is 39.2 Å². The minimum absolute atomic E-state index is 0.169. The van der Waals surface area contributed by atoms with Crippen molar-refractivity contribution in [3.05, 3.63) is 65.4 Å². The third-order valence-electron chi connectivity index (χ3n) is 5.47. The van der Waals surface area contributed by atoms with Crippen molar-refractivity contribution in [2.24, 2.45) is 5.92 Å². The van der Waals surface area contributed by atoms with E-state index in [0.717, 1.165) is 52.4 Å². The monoisotopic (exact) mass is 390 g/mol. The molecular formula is C24H26N2O3. The van der Waals surface area contributed by atoms with Crippen LogP contribution in [0.15, 0.2) is 48.7 Å². The zero-order chi connectivity index (χ0) is 20.4. The van der Waals surface area contributed by atoms with E-state index in [1.165, 1.54) is 12.8 Å². The fraction of sp³-hybridized carbons (Fsp3) is 0.333. The van der Waals surface area contributed by atoms with Crippen LogP contribution in [-0.4, -0.2) is 22.6 Å². The fourth-order valence-corrected chi connectivity index (χ4v) is 3.38.